The monoisotopic (exact) mass is 492 g/mol. The lowest BCUT2D eigenvalue weighted by Crippen LogP contribution is -2.14. The van der Waals surface area contributed by atoms with Crippen LogP contribution >= 0.6 is 27.3 Å². The second-order valence-corrected chi connectivity index (χ2v) is 8.95. The molecule has 0 bridgehead atoms. The summed E-state index contributed by atoms with van der Waals surface area (Å²) in [5.74, 6) is 0.376. The molecule has 4 nitrogen and oxygen atoms in total. The second kappa shape index (κ2) is 9.04. The number of hydrogen-bond donors (Lipinski definition) is 0. The van der Waals surface area contributed by atoms with Gasteiger partial charge in [0.05, 0.1) is 22.2 Å². The molecule has 0 aliphatic rings. The van der Waals surface area contributed by atoms with E-state index in [0.717, 1.165) is 26.2 Å². The van der Waals surface area contributed by atoms with E-state index in [-0.39, 0.29) is 5.91 Å². The first-order chi connectivity index (χ1) is 15.0. The number of aryl methyl sites for hydroxylation is 1. The molecule has 31 heavy (non-hydrogen) atoms. The minimum Gasteiger partial charge on any atom is -0.496 e. The van der Waals surface area contributed by atoms with Gasteiger partial charge in [0.1, 0.15) is 5.75 Å². The Morgan fingerprint density at radius 3 is 2.35 bits per heavy atom. The molecule has 0 saturated heterocycles. The summed E-state index contributed by atoms with van der Waals surface area (Å²) in [7, 11) is 3.55. The Morgan fingerprint density at radius 1 is 1.00 bits per heavy atom. The highest BCUT2D eigenvalue weighted by Crippen LogP contribution is 2.34. The van der Waals surface area contributed by atoms with Crippen LogP contribution in [-0.4, -0.2) is 17.6 Å². The topological polar surface area (TPSA) is 43.6 Å². The highest BCUT2D eigenvalue weighted by Gasteiger charge is 2.16. The lowest BCUT2D eigenvalue weighted by Gasteiger charge is -2.08. The fraction of sp³-hybridized carbons (Fsp3) is 0.120. The van der Waals surface area contributed by atoms with Gasteiger partial charge in [-0.05, 0) is 52.2 Å². The molecule has 0 aliphatic heterocycles. The SMILES string of the molecule is COc1ccc(C(=O)N=c2sc(-c3ccccc3)c(-c3ccc(C)cc3)n2C)cc1Br. The van der Waals surface area contributed by atoms with Crippen LogP contribution in [0.4, 0.5) is 0 Å². The third-order valence-corrected chi connectivity index (χ3v) is 6.79. The maximum atomic E-state index is 12.9. The van der Waals surface area contributed by atoms with Crippen molar-refractivity contribution in [3.05, 3.63) is 93.2 Å². The van der Waals surface area contributed by atoms with Gasteiger partial charge in [0.2, 0.25) is 0 Å². The molecule has 0 spiro atoms. The van der Waals surface area contributed by atoms with E-state index in [0.29, 0.717) is 16.1 Å². The third kappa shape index (κ3) is 4.40. The number of rotatable bonds is 4. The highest BCUT2D eigenvalue weighted by molar-refractivity contribution is 9.10. The Bertz CT molecular complexity index is 1310. The number of thiazole rings is 1. The van der Waals surface area contributed by atoms with E-state index in [1.165, 1.54) is 16.9 Å². The number of carbonyl (C=O) groups excluding carboxylic acids is 1. The van der Waals surface area contributed by atoms with Crippen LogP contribution in [-0.2, 0) is 7.05 Å². The molecule has 1 amide bonds. The van der Waals surface area contributed by atoms with Crippen molar-refractivity contribution >= 4 is 33.2 Å². The number of benzene rings is 3. The predicted octanol–water partition coefficient (Wildman–Crippen LogP) is 6.24. The molecule has 6 heteroatoms. The molecule has 0 unspecified atom stereocenters. The summed E-state index contributed by atoms with van der Waals surface area (Å²) < 4.78 is 7.97. The number of carbonyl (C=O) groups is 1. The van der Waals surface area contributed by atoms with Crippen molar-refractivity contribution in [2.24, 2.45) is 12.0 Å². The quantitative estimate of drug-likeness (QED) is 0.338. The van der Waals surface area contributed by atoms with E-state index in [2.05, 4.69) is 64.2 Å². The molecule has 1 aromatic heterocycles. The summed E-state index contributed by atoms with van der Waals surface area (Å²) in [6.45, 7) is 2.07. The number of amides is 1. The van der Waals surface area contributed by atoms with Gasteiger partial charge in [-0.15, -0.1) is 0 Å². The smallest absolute Gasteiger partial charge is 0.279 e. The van der Waals surface area contributed by atoms with Gasteiger partial charge in [-0.2, -0.15) is 4.99 Å². The normalized spacial score (nSPS) is 11.5. The average molecular weight is 493 g/mol. The Kier molecular flexibility index (Phi) is 6.20. The largest absolute Gasteiger partial charge is 0.496 e. The fourth-order valence-electron chi connectivity index (χ4n) is 3.33. The average Bonchev–Trinajstić information content (AvgIpc) is 3.11. The minimum absolute atomic E-state index is 0.296. The van der Waals surface area contributed by atoms with Crippen molar-refractivity contribution in [3.8, 4) is 27.4 Å². The summed E-state index contributed by atoms with van der Waals surface area (Å²) >= 11 is 4.95. The van der Waals surface area contributed by atoms with Crippen LogP contribution in [0.3, 0.4) is 0 Å². The summed E-state index contributed by atoms with van der Waals surface area (Å²) in [5.41, 5.74) is 4.93. The summed E-state index contributed by atoms with van der Waals surface area (Å²) in [6, 6.07) is 23.8. The Morgan fingerprint density at radius 2 is 1.71 bits per heavy atom. The molecule has 0 radical (unpaired) electrons. The summed E-state index contributed by atoms with van der Waals surface area (Å²) in [5, 5.41) is 0. The van der Waals surface area contributed by atoms with E-state index in [1.54, 1.807) is 25.3 Å². The molecule has 3 aromatic carbocycles. The van der Waals surface area contributed by atoms with Crippen LogP contribution in [0.2, 0.25) is 0 Å². The van der Waals surface area contributed by atoms with E-state index < -0.39 is 0 Å². The molecule has 0 fully saturated rings. The number of methoxy groups -OCH3 is 1. The summed E-state index contributed by atoms with van der Waals surface area (Å²) in [6.07, 6.45) is 0. The van der Waals surface area contributed by atoms with Gasteiger partial charge in [-0.1, -0.05) is 71.5 Å². The van der Waals surface area contributed by atoms with Crippen LogP contribution in [0.5, 0.6) is 5.75 Å². The molecular weight excluding hydrogens is 472 g/mol. The molecule has 0 N–H and O–H groups in total. The van der Waals surface area contributed by atoms with Crippen LogP contribution < -0.4 is 9.54 Å². The van der Waals surface area contributed by atoms with E-state index in [1.807, 2.05) is 29.8 Å². The number of nitrogens with zero attached hydrogens (tertiary/aromatic N) is 2. The molecule has 0 saturated carbocycles. The minimum atomic E-state index is -0.296. The van der Waals surface area contributed by atoms with Crippen LogP contribution in [0, 0.1) is 6.92 Å². The van der Waals surface area contributed by atoms with Gasteiger partial charge in [-0.3, -0.25) is 4.79 Å². The van der Waals surface area contributed by atoms with Crippen molar-refractivity contribution in [2.45, 2.75) is 6.92 Å². The highest BCUT2D eigenvalue weighted by atomic mass is 79.9. The van der Waals surface area contributed by atoms with Crippen molar-refractivity contribution < 1.29 is 9.53 Å². The Balaban J connectivity index is 1.86. The zero-order valence-corrected chi connectivity index (χ0v) is 19.8. The zero-order chi connectivity index (χ0) is 22.0. The predicted molar refractivity (Wildman–Crippen MR) is 129 cm³/mol. The number of hydrogen-bond acceptors (Lipinski definition) is 3. The fourth-order valence-corrected chi connectivity index (χ4v) is 5.01. The van der Waals surface area contributed by atoms with Gasteiger partial charge in [0.15, 0.2) is 4.80 Å². The molecule has 0 atom stereocenters. The standard InChI is InChI=1S/C25H21BrN2O2S/c1-16-9-11-17(12-10-16)22-23(18-7-5-4-6-8-18)31-25(28(22)2)27-24(29)19-13-14-21(30-3)20(26)15-19/h4-15H,1-3H3. The second-order valence-electron chi connectivity index (χ2n) is 7.12. The van der Waals surface area contributed by atoms with E-state index in [9.17, 15) is 4.79 Å². The Labute approximate surface area is 193 Å². The lowest BCUT2D eigenvalue weighted by molar-refractivity contribution is 0.0998. The maximum Gasteiger partial charge on any atom is 0.279 e. The third-order valence-electron chi connectivity index (χ3n) is 4.99. The van der Waals surface area contributed by atoms with Gasteiger partial charge in [0, 0.05) is 12.6 Å². The van der Waals surface area contributed by atoms with Crippen LogP contribution in [0.1, 0.15) is 15.9 Å². The Hall–Kier alpha value is -2.96. The van der Waals surface area contributed by atoms with Crippen molar-refractivity contribution in [1.82, 2.24) is 4.57 Å². The van der Waals surface area contributed by atoms with E-state index in [4.69, 9.17) is 4.74 Å². The van der Waals surface area contributed by atoms with Crippen molar-refractivity contribution in [3.63, 3.8) is 0 Å². The molecule has 4 aromatic rings. The van der Waals surface area contributed by atoms with Gasteiger partial charge < -0.3 is 9.30 Å². The maximum absolute atomic E-state index is 12.9. The van der Waals surface area contributed by atoms with Gasteiger partial charge >= 0.3 is 0 Å². The zero-order valence-electron chi connectivity index (χ0n) is 17.4. The number of aromatic nitrogens is 1. The molecule has 156 valence electrons. The molecule has 0 aliphatic carbocycles. The molecular formula is C25H21BrN2O2S. The van der Waals surface area contributed by atoms with Crippen LogP contribution in [0.25, 0.3) is 21.7 Å². The van der Waals surface area contributed by atoms with Gasteiger partial charge in [-0.25, -0.2) is 0 Å². The van der Waals surface area contributed by atoms with Crippen LogP contribution in [0.15, 0.2) is 82.3 Å². The first-order valence-electron chi connectivity index (χ1n) is 9.73. The van der Waals surface area contributed by atoms with Crippen molar-refractivity contribution in [1.29, 1.82) is 0 Å². The number of halogens is 1. The molecule has 4 rings (SSSR count). The van der Waals surface area contributed by atoms with E-state index >= 15 is 0 Å². The molecule has 1 heterocycles. The summed E-state index contributed by atoms with van der Waals surface area (Å²) in [4.78, 5) is 19.1. The lowest BCUT2D eigenvalue weighted by atomic mass is 10.1. The number of ether oxygens (including phenoxy) is 1. The van der Waals surface area contributed by atoms with Crippen molar-refractivity contribution in [2.75, 3.05) is 7.11 Å². The first kappa shape index (κ1) is 21.3. The first-order valence-corrected chi connectivity index (χ1v) is 11.3. The van der Waals surface area contributed by atoms with Gasteiger partial charge in [0.25, 0.3) is 5.91 Å².